The molecule has 1 atom stereocenters. The molecule has 3 nitrogen and oxygen atoms in total. The van der Waals surface area contributed by atoms with Crippen LogP contribution in [0.1, 0.15) is 40.3 Å². The van der Waals surface area contributed by atoms with E-state index in [2.05, 4.69) is 11.1 Å². The summed E-state index contributed by atoms with van der Waals surface area (Å²) in [5, 5.41) is 19.7. The van der Waals surface area contributed by atoms with E-state index in [9.17, 15) is 10.4 Å². The first-order valence-electron chi connectivity index (χ1n) is 6.52. The molecule has 0 amide bonds. The molecule has 3 rings (SSSR count). The molecule has 0 radical (unpaired) electrons. The van der Waals surface area contributed by atoms with Crippen molar-refractivity contribution >= 4 is 11.6 Å². The number of halogens is 1. The largest absolute Gasteiger partial charge is 0.388 e. The van der Waals surface area contributed by atoms with E-state index in [1.165, 1.54) is 0 Å². The van der Waals surface area contributed by atoms with Gasteiger partial charge in [-0.25, -0.2) is 4.98 Å². The van der Waals surface area contributed by atoms with Gasteiger partial charge < -0.3 is 5.11 Å². The van der Waals surface area contributed by atoms with Crippen LogP contribution in [0.3, 0.4) is 0 Å². The van der Waals surface area contributed by atoms with Crippen LogP contribution in [-0.4, -0.2) is 10.1 Å². The number of fused-ring (bicyclic) bond motifs is 1. The van der Waals surface area contributed by atoms with E-state index in [0.29, 0.717) is 17.1 Å². The van der Waals surface area contributed by atoms with Crippen molar-refractivity contribution in [2.24, 2.45) is 0 Å². The van der Waals surface area contributed by atoms with E-state index in [1.807, 2.05) is 12.1 Å². The minimum atomic E-state index is -0.403. The summed E-state index contributed by atoms with van der Waals surface area (Å²) in [7, 11) is 0. The predicted molar refractivity (Wildman–Crippen MR) is 76.5 cm³/mol. The number of hydrogen-bond donors (Lipinski definition) is 1. The van der Waals surface area contributed by atoms with Gasteiger partial charge in [0.05, 0.1) is 17.7 Å². The van der Waals surface area contributed by atoms with Crippen LogP contribution in [0, 0.1) is 11.3 Å². The number of aliphatic hydroxyl groups is 1. The summed E-state index contributed by atoms with van der Waals surface area (Å²) < 4.78 is 0. The second kappa shape index (κ2) is 5.24. The van der Waals surface area contributed by atoms with Gasteiger partial charge in [0.1, 0.15) is 5.15 Å². The summed E-state index contributed by atoms with van der Waals surface area (Å²) in [4.78, 5) is 4.07. The summed E-state index contributed by atoms with van der Waals surface area (Å²) in [5.74, 6) is 0. The van der Waals surface area contributed by atoms with Crippen molar-refractivity contribution in [2.45, 2.75) is 25.4 Å². The van der Waals surface area contributed by atoms with Gasteiger partial charge in [-0.3, -0.25) is 0 Å². The molecular weight excluding hydrogens is 272 g/mol. The van der Waals surface area contributed by atoms with E-state index < -0.39 is 6.10 Å². The molecule has 0 saturated heterocycles. The van der Waals surface area contributed by atoms with Crippen LogP contribution < -0.4 is 0 Å². The van der Waals surface area contributed by atoms with Gasteiger partial charge in [-0.05, 0) is 47.2 Å². The molecule has 1 aromatic heterocycles. The number of nitriles is 1. The molecule has 0 saturated carbocycles. The quantitative estimate of drug-likeness (QED) is 0.862. The summed E-state index contributed by atoms with van der Waals surface area (Å²) in [6.07, 6.45) is 3.52. The minimum Gasteiger partial charge on any atom is -0.388 e. The fourth-order valence-corrected chi connectivity index (χ4v) is 2.89. The monoisotopic (exact) mass is 284 g/mol. The first kappa shape index (κ1) is 13.1. The standard InChI is InChI=1S/C16H13ClN2O/c17-16-6-1-10(9-19-16)7-14-11(8-18)2-3-13-12(14)4-5-15(13)20/h1-3,6,9,15,20H,4-5,7H2/t15-/m0/s1. The predicted octanol–water partition coefficient (Wildman–Crippen LogP) is 3.18. The van der Waals surface area contributed by atoms with E-state index in [4.69, 9.17) is 11.6 Å². The molecule has 1 N–H and O–H groups in total. The van der Waals surface area contributed by atoms with E-state index in [-0.39, 0.29) is 0 Å². The molecule has 1 aliphatic carbocycles. The Bertz CT molecular complexity index is 689. The molecule has 0 aliphatic heterocycles. The molecule has 100 valence electrons. The highest BCUT2D eigenvalue weighted by molar-refractivity contribution is 6.29. The second-order valence-corrected chi connectivity index (χ2v) is 5.38. The minimum absolute atomic E-state index is 0.403. The smallest absolute Gasteiger partial charge is 0.129 e. The lowest BCUT2D eigenvalue weighted by molar-refractivity contribution is 0.180. The van der Waals surface area contributed by atoms with Gasteiger partial charge in [0, 0.05) is 12.6 Å². The molecule has 20 heavy (non-hydrogen) atoms. The van der Waals surface area contributed by atoms with Crippen molar-refractivity contribution in [1.82, 2.24) is 4.98 Å². The van der Waals surface area contributed by atoms with Crippen molar-refractivity contribution in [3.63, 3.8) is 0 Å². The second-order valence-electron chi connectivity index (χ2n) is 4.99. The Balaban J connectivity index is 2.04. The van der Waals surface area contributed by atoms with Crippen molar-refractivity contribution in [2.75, 3.05) is 0 Å². The van der Waals surface area contributed by atoms with Gasteiger partial charge in [0.15, 0.2) is 0 Å². The molecule has 1 aromatic carbocycles. The average molecular weight is 285 g/mol. The molecule has 1 heterocycles. The van der Waals surface area contributed by atoms with Crippen LogP contribution in [-0.2, 0) is 12.8 Å². The molecule has 4 heteroatoms. The molecule has 0 unspecified atom stereocenters. The maximum Gasteiger partial charge on any atom is 0.129 e. The molecular formula is C16H13ClN2O. The van der Waals surface area contributed by atoms with Crippen LogP contribution in [0.5, 0.6) is 0 Å². The maximum absolute atomic E-state index is 9.96. The third-order valence-electron chi connectivity index (χ3n) is 3.78. The lowest BCUT2D eigenvalue weighted by Gasteiger charge is -2.11. The summed E-state index contributed by atoms with van der Waals surface area (Å²) >= 11 is 5.79. The third kappa shape index (κ3) is 2.29. The molecule has 0 fully saturated rings. The first-order valence-corrected chi connectivity index (χ1v) is 6.90. The average Bonchev–Trinajstić information content (AvgIpc) is 2.84. The van der Waals surface area contributed by atoms with Crippen LogP contribution >= 0.6 is 11.6 Å². The molecule has 0 spiro atoms. The van der Waals surface area contributed by atoms with Crippen molar-refractivity contribution in [3.05, 3.63) is 63.4 Å². The number of hydrogen-bond acceptors (Lipinski definition) is 3. The Labute approximate surface area is 122 Å². The highest BCUT2D eigenvalue weighted by atomic mass is 35.5. The summed E-state index contributed by atoms with van der Waals surface area (Å²) in [6.45, 7) is 0. The Hall–Kier alpha value is -1.89. The summed E-state index contributed by atoms with van der Waals surface area (Å²) in [5.41, 5.74) is 4.77. The van der Waals surface area contributed by atoms with Crippen LogP contribution in [0.15, 0.2) is 30.5 Å². The van der Waals surface area contributed by atoms with Crippen molar-refractivity contribution in [3.8, 4) is 6.07 Å². The van der Waals surface area contributed by atoms with Gasteiger partial charge in [-0.15, -0.1) is 0 Å². The lowest BCUT2D eigenvalue weighted by atomic mass is 9.93. The molecule has 0 bridgehead atoms. The number of aliphatic hydroxyl groups excluding tert-OH is 1. The van der Waals surface area contributed by atoms with E-state index >= 15 is 0 Å². The number of pyridine rings is 1. The number of aromatic nitrogens is 1. The third-order valence-corrected chi connectivity index (χ3v) is 4.01. The fraction of sp³-hybridized carbons (Fsp3) is 0.250. The normalized spacial score (nSPS) is 16.8. The zero-order valence-electron chi connectivity index (χ0n) is 10.8. The van der Waals surface area contributed by atoms with Gasteiger partial charge >= 0.3 is 0 Å². The Morgan fingerprint density at radius 3 is 2.90 bits per heavy atom. The highest BCUT2D eigenvalue weighted by Crippen LogP contribution is 2.35. The summed E-state index contributed by atoms with van der Waals surface area (Å²) in [6, 6.07) is 9.58. The van der Waals surface area contributed by atoms with E-state index in [1.54, 1.807) is 18.3 Å². The Kier molecular flexibility index (Phi) is 3.43. The van der Waals surface area contributed by atoms with Crippen LogP contribution in [0.4, 0.5) is 0 Å². The van der Waals surface area contributed by atoms with E-state index in [0.717, 1.165) is 35.1 Å². The van der Waals surface area contributed by atoms with Crippen molar-refractivity contribution < 1.29 is 5.11 Å². The Morgan fingerprint density at radius 1 is 1.35 bits per heavy atom. The van der Waals surface area contributed by atoms with Gasteiger partial charge in [0.25, 0.3) is 0 Å². The van der Waals surface area contributed by atoms with Crippen LogP contribution in [0.25, 0.3) is 0 Å². The Morgan fingerprint density at radius 2 is 2.20 bits per heavy atom. The first-order chi connectivity index (χ1) is 9.69. The zero-order valence-corrected chi connectivity index (χ0v) is 11.6. The van der Waals surface area contributed by atoms with Gasteiger partial charge in [-0.2, -0.15) is 5.26 Å². The topological polar surface area (TPSA) is 56.9 Å². The van der Waals surface area contributed by atoms with Crippen LogP contribution in [0.2, 0.25) is 5.15 Å². The number of benzene rings is 1. The molecule has 1 aliphatic rings. The van der Waals surface area contributed by atoms with Gasteiger partial charge in [0.2, 0.25) is 0 Å². The lowest BCUT2D eigenvalue weighted by Crippen LogP contribution is -2.00. The molecule has 2 aromatic rings. The maximum atomic E-state index is 9.96. The number of nitrogens with zero attached hydrogens (tertiary/aromatic N) is 2. The van der Waals surface area contributed by atoms with Gasteiger partial charge in [-0.1, -0.05) is 23.7 Å². The number of rotatable bonds is 2. The fourth-order valence-electron chi connectivity index (χ4n) is 2.78. The zero-order chi connectivity index (χ0) is 14.1. The SMILES string of the molecule is N#Cc1ccc2c(c1Cc1ccc(Cl)nc1)CC[C@@H]2O. The van der Waals surface area contributed by atoms with Crippen molar-refractivity contribution in [1.29, 1.82) is 5.26 Å². The highest BCUT2D eigenvalue weighted by Gasteiger charge is 2.24.